The zero-order valence-electron chi connectivity index (χ0n) is 13.4. The fraction of sp³-hybridized carbons (Fsp3) is 0.812. The Morgan fingerprint density at radius 1 is 1.33 bits per heavy atom. The summed E-state index contributed by atoms with van der Waals surface area (Å²) in [6, 6.07) is 0. The number of aliphatic imine (C=N–C) groups is 1. The van der Waals surface area contributed by atoms with E-state index in [9.17, 15) is 0 Å². The molecule has 2 N–H and O–H groups in total. The number of nitrogens with one attached hydrogen (secondary N) is 2. The first-order valence-electron chi connectivity index (χ1n) is 7.98. The van der Waals surface area contributed by atoms with Gasteiger partial charge in [0.05, 0.1) is 5.60 Å². The molecule has 0 saturated carbocycles. The Kier molecular flexibility index (Phi) is 8.63. The second kappa shape index (κ2) is 9.66. The van der Waals surface area contributed by atoms with Crippen LogP contribution < -0.4 is 10.6 Å². The average Bonchev–Trinajstić information content (AvgIpc) is 2.91. The Balaban J connectivity index is 0.00000220. The largest absolute Gasteiger partial charge is 0.373 e. The van der Waals surface area contributed by atoms with Crippen molar-refractivity contribution in [3.05, 3.63) is 11.6 Å². The molecule has 21 heavy (non-hydrogen) atoms. The van der Waals surface area contributed by atoms with Crippen molar-refractivity contribution >= 4 is 29.9 Å². The second-order valence-electron chi connectivity index (χ2n) is 6.11. The molecular formula is C16H30IN3O. The van der Waals surface area contributed by atoms with Crippen LogP contribution in [0.3, 0.4) is 0 Å². The van der Waals surface area contributed by atoms with Crippen molar-refractivity contribution in [2.45, 2.75) is 57.5 Å². The van der Waals surface area contributed by atoms with E-state index in [0.29, 0.717) is 0 Å². The van der Waals surface area contributed by atoms with Crippen molar-refractivity contribution in [1.29, 1.82) is 0 Å². The van der Waals surface area contributed by atoms with Crippen LogP contribution in [0.4, 0.5) is 0 Å². The van der Waals surface area contributed by atoms with Crippen LogP contribution in [0, 0.1) is 0 Å². The number of rotatable bonds is 5. The Morgan fingerprint density at radius 3 is 2.81 bits per heavy atom. The van der Waals surface area contributed by atoms with Gasteiger partial charge in [0.15, 0.2) is 5.96 Å². The third-order valence-electron chi connectivity index (χ3n) is 4.28. The molecule has 122 valence electrons. The van der Waals surface area contributed by atoms with E-state index in [2.05, 4.69) is 28.6 Å². The molecule has 0 radical (unpaired) electrons. The Hall–Kier alpha value is -0.300. The normalized spacial score (nSPS) is 26.0. The molecule has 0 aromatic heterocycles. The van der Waals surface area contributed by atoms with E-state index in [1.54, 1.807) is 5.57 Å². The van der Waals surface area contributed by atoms with Crippen LogP contribution >= 0.6 is 24.0 Å². The lowest BCUT2D eigenvalue weighted by atomic mass is 9.97. The molecule has 1 unspecified atom stereocenters. The van der Waals surface area contributed by atoms with Crippen molar-refractivity contribution in [3.63, 3.8) is 0 Å². The molecule has 0 bridgehead atoms. The molecule has 1 saturated heterocycles. The third kappa shape index (κ3) is 6.55. The van der Waals surface area contributed by atoms with Crippen LogP contribution in [0.2, 0.25) is 0 Å². The maximum atomic E-state index is 5.78. The second-order valence-corrected chi connectivity index (χ2v) is 6.11. The molecule has 0 amide bonds. The van der Waals surface area contributed by atoms with Gasteiger partial charge in [-0.25, -0.2) is 0 Å². The number of guanidine groups is 1. The fourth-order valence-electron chi connectivity index (χ4n) is 2.94. The summed E-state index contributed by atoms with van der Waals surface area (Å²) in [5, 5.41) is 6.78. The van der Waals surface area contributed by atoms with Crippen LogP contribution in [0.25, 0.3) is 0 Å². The summed E-state index contributed by atoms with van der Waals surface area (Å²) in [7, 11) is 1.83. The van der Waals surface area contributed by atoms with Crippen molar-refractivity contribution in [1.82, 2.24) is 10.6 Å². The zero-order valence-corrected chi connectivity index (χ0v) is 15.7. The quantitative estimate of drug-likeness (QED) is 0.318. The van der Waals surface area contributed by atoms with Gasteiger partial charge in [0, 0.05) is 26.7 Å². The van der Waals surface area contributed by atoms with E-state index in [0.717, 1.165) is 38.5 Å². The monoisotopic (exact) mass is 407 g/mol. The van der Waals surface area contributed by atoms with E-state index in [1.165, 1.54) is 32.1 Å². The van der Waals surface area contributed by atoms with Crippen molar-refractivity contribution in [2.75, 3.05) is 26.7 Å². The lowest BCUT2D eigenvalue weighted by Gasteiger charge is -2.24. The SMILES string of the molecule is CN=C(NCCC1=CCCCC1)NCC1(C)CCCO1.I. The van der Waals surface area contributed by atoms with Gasteiger partial charge >= 0.3 is 0 Å². The summed E-state index contributed by atoms with van der Waals surface area (Å²) in [6.07, 6.45) is 11.1. The molecule has 0 spiro atoms. The van der Waals surface area contributed by atoms with Crippen LogP contribution in [-0.4, -0.2) is 38.3 Å². The van der Waals surface area contributed by atoms with E-state index in [1.807, 2.05) is 7.05 Å². The number of hydrogen-bond acceptors (Lipinski definition) is 2. The van der Waals surface area contributed by atoms with Crippen molar-refractivity contribution in [2.24, 2.45) is 4.99 Å². The smallest absolute Gasteiger partial charge is 0.191 e. The molecule has 1 aliphatic carbocycles. The van der Waals surface area contributed by atoms with Crippen LogP contribution in [-0.2, 0) is 4.74 Å². The van der Waals surface area contributed by atoms with E-state index < -0.39 is 0 Å². The number of ether oxygens (including phenoxy) is 1. The van der Waals surface area contributed by atoms with E-state index in [-0.39, 0.29) is 29.6 Å². The Morgan fingerprint density at radius 2 is 2.19 bits per heavy atom. The predicted octanol–water partition coefficient (Wildman–Crippen LogP) is 3.23. The van der Waals surface area contributed by atoms with Crippen molar-refractivity contribution in [3.8, 4) is 0 Å². The van der Waals surface area contributed by atoms with Gasteiger partial charge < -0.3 is 15.4 Å². The maximum absolute atomic E-state index is 5.78. The van der Waals surface area contributed by atoms with E-state index in [4.69, 9.17) is 4.74 Å². The Labute approximate surface area is 146 Å². The standard InChI is InChI=1S/C16H29N3O.HI/c1-16(10-6-12-20-16)13-19-15(17-2)18-11-9-14-7-4-3-5-8-14;/h7H,3-6,8-13H2,1-2H3,(H2,17,18,19);1H. The molecule has 2 rings (SSSR count). The van der Waals surface area contributed by atoms with Gasteiger partial charge in [0.1, 0.15) is 0 Å². The highest BCUT2D eigenvalue weighted by molar-refractivity contribution is 14.0. The molecule has 4 nitrogen and oxygen atoms in total. The van der Waals surface area contributed by atoms with Gasteiger partial charge in [-0.15, -0.1) is 24.0 Å². The average molecular weight is 407 g/mol. The van der Waals surface area contributed by atoms with Crippen LogP contribution in [0.1, 0.15) is 51.9 Å². The number of allylic oxidation sites excluding steroid dienone is 1. The lowest BCUT2D eigenvalue weighted by molar-refractivity contribution is 0.0243. The third-order valence-corrected chi connectivity index (χ3v) is 4.28. The molecule has 0 aromatic rings. The molecular weight excluding hydrogens is 377 g/mol. The van der Waals surface area contributed by atoms with Gasteiger partial charge in [0.25, 0.3) is 0 Å². The summed E-state index contributed by atoms with van der Waals surface area (Å²) >= 11 is 0. The molecule has 1 fully saturated rings. The summed E-state index contributed by atoms with van der Waals surface area (Å²) in [5.74, 6) is 0.887. The highest BCUT2D eigenvalue weighted by atomic mass is 127. The first-order valence-corrected chi connectivity index (χ1v) is 7.98. The van der Waals surface area contributed by atoms with Gasteiger partial charge in [-0.05, 0) is 51.9 Å². The number of hydrogen-bond donors (Lipinski definition) is 2. The minimum absolute atomic E-state index is 0. The number of halogens is 1. The van der Waals surface area contributed by atoms with E-state index >= 15 is 0 Å². The molecule has 5 heteroatoms. The predicted molar refractivity (Wildman–Crippen MR) is 99.5 cm³/mol. The summed E-state index contributed by atoms with van der Waals surface area (Å²) < 4.78 is 5.78. The molecule has 2 aliphatic rings. The summed E-state index contributed by atoms with van der Waals surface area (Å²) in [4.78, 5) is 4.28. The topological polar surface area (TPSA) is 45.7 Å². The highest BCUT2D eigenvalue weighted by Crippen LogP contribution is 2.23. The lowest BCUT2D eigenvalue weighted by Crippen LogP contribution is -2.45. The zero-order chi connectivity index (χ0) is 14.3. The number of nitrogens with zero attached hydrogens (tertiary/aromatic N) is 1. The molecule has 1 atom stereocenters. The fourth-order valence-corrected chi connectivity index (χ4v) is 2.94. The minimum atomic E-state index is -0.0243. The summed E-state index contributed by atoms with van der Waals surface area (Å²) in [5.41, 5.74) is 1.58. The van der Waals surface area contributed by atoms with Gasteiger partial charge in [-0.3, -0.25) is 4.99 Å². The van der Waals surface area contributed by atoms with Gasteiger partial charge in [-0.1, -0.05) is 11.6 Å². The molecule has 1 aliphatic heterocycles. The summed E-state index contributed by atoms with van der Waals surface area (Å²) in [6.45, 7) is 4.85. The van der Waals surface area contributed by atoms with Gasteiger partial charge in [-0.2, -0.15) is 0 Å². The van der Waals surface area contributed by atoms with Crippen LogP contribution in [0.5, 0.6) is 0 Å². The highest BCUT2D eigenvalue weighted by Gasteiger charge is 2.29. The first kappa shape index (κ1) is 18.7. The maximum Gasteiger partial charge on any atom is 0.191 e. The van der Waals surface area contributed by atoms with Crippen molar-refractivity contribution < 1.29 is 4.74 Å². The Bertz CT molecular complexity index is 363. The van der Waals surface area contributed by atoms with Crippen LogP contribution in [0.15, 0.2) is 16.6 Å². The molecule has 0 aromatic carbocycles. The first-order chi connectivity index (χ1) is 9.72. The minimum Gasteiger partial charge on any atom is -0.373 e. The molecule has 1 heterocycles. The van der Waals surface area contributed by atoms with Gasteiger partial charge in [0.2, 0.25) is 0 Å².